The fourth-order valence-corrected chi connectivity index (χ4v) is 2.38. The molecule has 92 valence electrons. The quantitative estimate of drug-likeness (QED) is 0.738. The second kappa shape index (κ2) is 5.01. The molecule has 0 atom stereocenters. The van der Waals surface area contributed by atoms with Crippen LogP contribution in [0.15, 0.2) is 52.3 Å². The molecule has 0 aliphatic carbocycles. The summed E-state index contributed by atoms with van der Waals surface area (Å²) in [4.78, 5) is 12.7. The van der Waals surface area contributed by atoms with Crippen molar-refractivity contribution < 1.29 is 9.90 Å². The molecule has 0 radical (unpaired) electrons. The van der Waals surface area contributed by atoms with Gasteiger partial charge in [-0.2, -0.15) is 0 Å². The molecule has 0 bridgehead atoms. The van der Waals surface area contributed by atoms with E-state index in [1.807, 2.05) is 12.1 Å². The summed E-state index contributed by atoms with van der Waals surface area (Å²) < 4.78 is 0. The van der Waals surface area contributed by atoms with Gasteiger partial charge in [-0.25, -0.2) is 4.79 Å². The fourth-order valence-electron chi connectivity index (χ4n) is 1.47. The zero-order valence-corrected chi connectivity index (χ0v) is 10.3. The first-order chi connectivity index (χ1) is 8.56. The molecule has 0 spiro atoms. The maximum absolute atomic E-state index is 11.1. The standard InChI is InChI=1S/C13H12N2O2S/c14-8-1-4-10(5-2-8)18-12-6-3-9(15)7-11(12)13(16)17/h1-7H,14-15H2,(H,16,17). The van der Waals surface area contributed by atoms with Gasteiger partial charge in [0.15, 0.2) is 0 Å². The number of hydrogen-bond acceptors (Lipinski definition) is 4. The Labute approximate surface area is 109 Å². The number of hydrogen-bond donors (Lipinski definition) is 3. The van der Waals surface area contributed by atoms with Gasteiger partial charge in [0.05, 0.1) is 5.56 Å². The first kappa shape index (κ1) is 12.3. The number of rotatable bonds is 3. The Morgan fingerprint density at radius 2 is 1.61 bits per heavy atom. The Balaban J connectivity index is 2.34. The van der Waals surface area contributed by atoms with E-state index in [0.717, 1.165) is 4.90 Å². The summed E-state index contributed by atoms with van der Waals surface area (Å²) in [6, 6.07) is 12.1. The minimum atomic E-state index is -0.986. The molecule has 2 rings (SSSR count). The van der Waals surface area contributed by atoms with Gasteiger partial charge in [-0.1, -0.05) is 11.8 Å². The van der Waals surface area contributed by atoms with E-state index in [-0.39, 0.29) is 5.56 Å². The van der Waals surface area contributed by atoms with Crippen LogP contribution in [0.5, 0.6) is 0 Å². The van der Waals surface area contributed by atoms with E-state index >= 15 is 0 Å². The highest BCUT2D eigenvalue weighted by atomic mass is 32.2. The lowest BCUT2D eigenvalue weighted by molar-refractivity contribution is 0.0693. The van der Waals surface area contributed by atoms with E-state index in [0.29, 0.717) is 16.3 Å². The SMILES string of the molecule is Nc1ccc(Sc2ccc(N)cc2C(=O)O)cc1. The van der Waals surface area contributed by atoms with E-state index in [9.17, 15) is 4.79 Å². The molecule has 0 amide bonds. The summed E-state index contributed by atoms with van der Waals surface area (Å²) >= 11 is 1.37. The molecule has 0 aromatic heterocycles. The number of aromatic carboxylic acids is 1. The second-order valence-corrected chi connectivity index (χ2v) is 4.85. The summed E-state index contributed by atoms with van der Waals surface area (Å²) in [7, 11) is 0. The van der Waals surface area contributed by atoms with E-state index in [4.69, 9.17) is 16.6 Å². The van der Waals surface area contributed by atoms with Crippen LogP contribution in [0.2, 0.25) is 0 Å². The number of nitrogen functional groups attached to an aromatic ring is 2. The molecule has 0 unspecified atom stereocenters. The van der Waals surface area contributed by atoms with Gasteiger partial charge in [0.1, 0.15) is 0 Å². The first-order valence-corrected chi connectivity index (χ1v) is 6.04. The topological polar surface area (TPSA) is 89.3 Å². The van der Waals surface area contributed by atoms with Crippen LogP contribution in [0, 0.1) is 0 Å². The molecule has 0 aliphatic heterocycles. The van der Waals surface area contributed by atoms with Crippen LogP contribution in [0.25, 0.3) is 0 Å². The van der Waals surface area contributed by atoms with Crippen LogP contribution in [0.4, 0.5) is 11.4 Å². The van der Waals surface area contributed by atoms with Crippen LogP contribution in [0.1, 0.15) is 10.4 Å². The Kier molecular flexibility index (Phi) is 3.43. The number of anilines is 2. The average Bonchev–Trinajstić information content (AvgIpc) is 2.34. The normalized spacial score (nSPS) is 10.2. The maximum Gasteiger partial charge on any atom is 0.336 e. The van der Waals surface area contributed by atoms with Crippen molar-refractivity contribution in [2.45, 2.75) is 9.79 Å². The lowest BCUT2D eigenvalue weighted by atomic mass is 10.2. The van der Waals surface area contributed by atoms with Gasteiger partial charge in [0.25, 0.3) is 0 Å². The van der Waals surface area contributed by atoms with Crippen molar-refractivity contribution in [1.29, 1.82) is 0 Å². The van der Waals surface area contributed by atoms with Crippen molar-refractivity contribution in [3.05, 3.63) is 48.0 Å². The molecule has 5 N–H and O–H groups in total. The lowest BCUT2D eigenvalue weighted by Crippen LogP contribution is -2.00. The third kappa shape index (κ3) is 2.75. The zero-order valence-electron chi connectivity index (χ0n) is 9.46. The number of carboxylic acids is 1. The third-order valence-corrected chi connectivity index (χ3v) is 3.43. The molecule has 0 fully saturated rings. The summed E-state index contributed by atoms with van der Waals surface area (Å²) in [5.74, 6) is -0.986. The van der Waals surface area contributed by atoms with Crippen LogP contribution in [-0.2, 0) is 0 Å². The van der Waals surface area contributed by atoms with Crippen LogP contribution in [0.3, 0.4) is 0 Å². The summed E-state index contributed by atoms with van der Waals surface area (Å²) in [6.07, 6.45) is 0. The minimum Gasteiger partial charge on any atom is -0.478 e. The van der Waals surface area contributed by atoms with Crippen molar-refractivity contribution >= 4 is 29.1 Å². The van der Waals surface area contributed by atoms with E-state index in [1.54, 1.807) is 24.3 Å². The Morgan fingerprint density at radius 1 is 1.00 bits per heavy atom. The van der Waals surface area contributed by atoms with Crippen molar-refractivity contribution in [3.8, 4) is 0 Å². The number of nitrogens with two attached hydrogens (primary N) is 2. The molecule has 0 aliphatic rings. The first-order valence-electron chi connectivity index (χ1n) is 5.22. The minimum absolute atomic E-state index is 0.205. The summed E-state index contributed by atoms with van der Waals surface area (Å²) in [5.41, 5.74) is 12.5. The molecule has 5 heteroatoms. The van der Waals surface area contributed by atoms with E-state index in [2.05, 4.69) is 0 Å². The highest BCUT2D eigenvalue weighted by Gasteiger charge is 2.11. The fraction of sp³-hybridized carbons (Fsp3) is 0. The monoisotopic (exact) mass is 260 g/mol. The van der Waals surface area contributed by atoms with Gasteiger partial charge in [-0.05, 0) is 42.5 Å². The molecular weight excluding hydrogens is 248 g/mol. The predicted molar refractivity (Wildman–Crippen MR) is 72.8 cm³/mol. The zero-order chi connectivity index (χ0) is 13.1. The molecule has 18 heavy (non-hydrogen) atoms. The van der Waals surface area contributed by atoms with E-state index in [1.165, 1.54) is 17.8 Å². The van der Waals surface area contributed by atoms with Gasteiger partial charge in [-0.3, -0.25) is 0 Å². The Hall–Kier alpha value is -2.14. The number of benzene rings is 2. The van der Waals surface area contributed by atoms with Gasteiger partial charge in [-0.15, -0.1) is 0 Å². The summed E-state index contributed by atoms with van der Waals surface area (Å²) in [6.45, 7) is 0. The van der Waals surface area contributed by atoms with Crippen molar-refractivity contribution in [2.24, 2.45) is 0 Å². The van der Waals surface area contributed by atoms with Gasteiger partial charge >= 0.3 is 5.97 Å². The van der Waals surface area contributed by atoms with Crippen molar-refractivity contribution in [3.63, 3.8) is 0 Å². The molecule has 2 aromatic carbocycles. The second-order valence-electron chi connectivity index (χ2n) is 3.73. The molecule has 0 saturated carbocycles. The molecule has 0 saturated heterocycles. The molecule has 0 heterocycles. The number of carboxylic acid groups (broad SMARTS) is 1. The number of carbonyl (C=O) groups is 1. The third-order valence-electron chi connectivity index (χ3n) is 2.34. The van der Waals surface area contributed by atoms with Gasteiger partial charge in [0, 0.05) is 21.2 Å². The highest BCUT2D eigenvalue weighted by Crippen LogP contribution is 2.31. The van der Waals surface area contributed by atoms with E-state index < -0.39 is 5.97 Å². The average molecular weight is 260 g/mol. The lowest BCUT2D eigenvalue weighted by Gasteiger charge is -2.07. The van der Waals surface area contributed by atoms with Crippen LogP contribution >= 0.6 is 11.8 Å². The predicted octanol–water partition coefficient (Wildman–Crippen LogP) is 2.70. The molecule has 2 aromatic rings. The van der Waals surface area contributed by atoms with Gasteiger partial charge in [0.2, 0.25) is 0 Å². The highest BCUT2D eigenvalue weighted by molar-refractivity contribution is 7.99. The maximum atomic E-state index is 11.1. The van der Waals surface area contributed by atoms with Crippen LogP contribution < -0.4 is 11.5 Å². The summed E-state index contributed by atoms with van der Waals surface area (Å²) in [5, 5.41) is 9.12. The Bertz CT molecular complexity index is 582. The Morgan fingerprint density at radius 3 is 2.22 bits per heavy atom. The van der Waals surface area contributed by atoms with Crippen LogP contribution in [-0.4, -0.2) is 11.1 Å². The smallest absolute Gasteiger partial charge is 0.336 e. The molecule has 4 nitrogen and oxygen atoms in total. The molecular formula is C13H12N2O2S. The largest absolute Gasteiger partial charge is 0.478 e. The van der Waals surface area contributed by atoms with Crippen molar-refractivity contribution in [2.75, 3.05) is 11.5 Å². The van der Waals surface area contributed by atoms with Gasteiger partial charge < -0.3 is 16.6 Å². The van der Waals surface area contributed by atoms with Crippen molar-refractivity contribution in [1.82, 2.24) is 0 Å².